The quantitative estimate of drug-likeness (QED) is 0.580. The van der Waals surface area contributed by atoms with Gasteiger partial charge in [-0.25, -0.2) is 0 Å². The molecule has 9 heavy (non-hydrogen) atoms. The second-order valence-corrected chi connectivity index (χ2v) is 3.35. The third kappa shape index (κ3) is 5.04. The van der Waals surface area contributed by atoms with E-state index >= 15 is 0 Å². The third-order valence-electron chi connectivity index (χ3n) is 0.930. The van der Waals surface area contributed by atoms with Gasteiger partial charge in [-0.2, -0.15) is 0 Å². The average Bonchev–Trinajstić information content (AvgIpc) is 2.12. The van der Waals surface area contributed by atoms with Gasteiger partial charge in [0.15, 0.2) is 0 Å². The zero-order chi connectivity index (χ0) is 6.20. The number of nitrogens with zero attached hydrogens (tertiary/aromatic N) is 2. The molecule has 2 nitrogen and oxygen atoms in total. The van der Waals surface area contributed by atoms with Crippen molar-refractivity contribution in [1.82, 2.24) is 0 Å². The van der Waals surface area contributed by atoms with E-state index in [1.807, 2.05) is 0 Å². The second kappa shape index (κ2) is 3.11. The number of hydrogen-bond donors (Lipinski definition) is 0. The molecule has 0 saturated heterocycles. The van der Waals surface area contributed by atoms with Gasteiger partial charge in [0.2, 0.25) is 0 Å². The van der Waals surface area contributed by atoms with Crippen molar-refractivity contribution in [2.75, 3.05) is 0 Å². The van der Waals surface area contributed by atoms with Gasteiger partial charge in [-0.3, -0.25) is 0 Å². The van der Waals surface area contributed by atoms with E-state index in [-0.39, 0.29) is 32.7 Å². The van der Waals surface area contributed by atoms with E-state index in [4.69, 9.17) is 0 Å². The Hall–Kier alpha value is 0.574. The maximum absolute atomic E-state index is 3.73. The van der Waals surface area contributed by atoms with Crippen LogP contribution in [0.15, 0.2) is 10.2 Å². The van der Waals surface area contributed by atoms with Crippen molar-refractivity contribution in [3.8, 4) is 0 Å². The largest absolute Gasteiger partial charge is 0.359 e. The molecule has 1 aliphatic rings. The summed E-state index contributed by atoms with van der Waals surface area (Å²) in [4.78, 5) is 0. The Morgan fingerprint density at radius 2 is 1.67 bits per heavy atom. The minimum Gasteiger partial charge on any atom is -0.359 e. The Labute approximate surface area is 81.4 Å². The van der Waals surface area contributed by atoms with Gasteiger partial charge < -0.3 is 10.2 Å². The van der Waals surface area contributed by atoms with Crippen LogP contribution in [-0.4, -0.2) is 0 Å². The van der Waals surface area contributed by atoms with Gasteiger partial charge >= 0.3 is 0 Å². The molecule has 0 aliphatic carbocycles. The molecule has 0 spiro atoms. The molecule has 0 fully saturated rings. The van der Waals surface area contributed by atoms with Crippen molar-refractivity contribution in [3.05, 3.63) is 6.17 Å². The summed E-state index contributed by atoms with van der Waals surface area (Å²) in [5.74, 6) is 0. The summed E-state index contributed by atoms with van der Waals surface area (Å²) in [6.07, 6.45) is 2.05. The zero-order valence-electron chi connectivity index (χ0n) is 6.18. The first-order chi connectivity index (χ1) is 3.58. The van der Waals surface area contributed by atoms with Gasteiger partial charge in [-0.15, -0.1) is 12.6 Å². The molecule has 3 heteroatoms. The van der Waals surface area contributed by atoms with Crippen LogP contribution in [0.2, 0.25) is 0 Å². The van der Waals surface area contributed by atoms with E-state index in [0.29, 0.717) is 5.41 Å². The maximum atomic E-state index is 3.73. The molecule has 0 aromatic rings. The van der Waals surface area contributed by atoms with Crippen LogP contribution in [0, 0.1) is 11.6 Å². The molecule has 0 N–H and O–H groups in total. The minimum absolute atomic E-state index is 0. The maximum Gasteiger partial charge on any atom is 0 e. The number of hydrogen-bond acceptors (Lipinski definition) is 2. The fourth-order valence-electron chi connectivity index (χ4n) is 0.580. The van der Waals surface area contributed by atoms with E-state index in [9.17, 15) is 0 Å². The molecular formula is C6H11N2Y-. The molecule has 0 atom stereocenters. The number of rotatable bonds is 1. The van der Waals surface area contributed by atoms with Crippen LogP contribution in [0.5, 0.6) is 0 Å². The van der Waals surface area contributed by atoms with Gasteiger partial charge in [-0.1, -0.05) is 26.2 Å². The first-order valence-electron chi connectivity index (χ1n) is 2.85. The van der Waals surface area contributed by atoms with Gasteiger partial charge in [0.05, 0.1) is 0 Å². The molecule has 0 aromatic heterocycles. The first kappa shape index (κ1) is 9.57. The molecule has 1 radical (unpaired) electrons. The zero-order valence-corrected chi connectivity index (χ0v) is 9.02. The molecule has 0 amide bonds. The standard InChI is InChI=1S/C6H11N2.Y/c1-6(2,3)4-5-7-8-5;/h4H2,1-3H3;/q-1;. The third-order valence-corrected chi connectivity index (χ3v) is 0.930. The van der Waals surface area contributed by atoms with Crippen LogP contribution < -0.4 is 0 Å². The van der Waals surface area contributed by atoms with Crippen molar-refractivity contribution in [2.45, 2.75) is 27.2 Å². The summed E-state index contributed by atoms with van der Waals surface area (Å²) < 4.78 is 0. The molecule has 49 valence electrons. The van der Waals surface area contributed by atoms with E-state index in [1.54, 1.807) is 0 Å². The molecule has 0 aromatic carbocycles. The Bertz CT molecular complexity index is 109. The Kier molecular flexibility index (Phi) is 3.31. The smallest absolute Gasteiger partial charge is 0 e. The van der Waals surface area contributed by atoms with Crippen molar-refractivity contribution >= 4 is 0 Å². The van der Waals surface area contributed by atoms with Gasteiger partial charge in [-0.05, 0) is 0 Å². The van der Waals surface area contributed by atoms with Crippen LogP contribution in [0.4, 0.5) is 0 Å². The molecular weight excluding hydrogens is 189 g/mol. The first-order valence-corrected chi connectivity index (χ1v) is 2.85. The molecule has 0 saturated carbocycles. The van der Waals surface area contributed by atoms with Gasteiger partial charge in [0.25, 0.3) is 0 Å². The van der Waals surface area contributed by atoms with Crippen LogP contribution in [0.1, 0.15) is 27.2 Å². The summed E-state index contributed by atoms with van der Waals surface area (Å²) in [5, 5.41) is 7.46. The van der Waals surface area contributed by atoms with Crippen LogP contribution >= 0.6 is 0 Å². The Morgan fingerprint density at radius 3 is 1.78 bits per heavy atom. The Morgan fingerprint density at radius 1 is 1.22 bits per heavy atom. The summed E-state index contributed by atoms with van der Waals surface area (Å²) >= 11 is 0. The predicted octanol–water partition coefficient (Wildman–Crippen LogP) is 2.38. The van der Waals surface area contributed by atoms with E-state index in [1.165, 1.54) is 0 Å². The minimum atomic E-state index is 0. The fraction of sp³-hybridized carbons (Fsp3) is 0.833. The average molecular weight is 200 g/mol. The monoisotopic (exact) mass is 200 g/mol. The van der Waals surface area contributed by atoms with Gasteiger partial charge in [0.1, 0.15) is 0 Å². The Balaban J connectivity index is 0.000000640. The van der Waals surface area contributed by atoms with Crippen LogP contribution in [0.25, 0.3) is 0 Å². The normalized spacial score (nSPS) is 15.2. The van der Waals surface area contributed by atoms with Crippen molar-refractivity contribution in [3.63, 3.8) is 0 Å². The predicted molar refractivity (Wildman–Crippen MR) is 32.2 cm³/mol. The fourth-order valence-corrected chi connectivity index (χ4v) is 0.580. The van der Waals surface area contributed by atoms with Crippen LogP contribution in [0.3, 0.4) is 0 Å². The van der Waals surface area contributed by atoms with E-state index < -0.39 is 0 Å². The topological polar surface area (TPSA) is 24.7 Å². The van der Waals surface area contributed by atoms with Crippen molar-refractivity contribution < 1.29 is 32.7 Å². The summed E-state index contributed by atoms with van der Waals surface area (Å²) in [6.45, 7) is 6.55. The van der Waals surface area contributed by atoms with E-state index in [0.717, 1.165) is 12.6 Å². The van der Waals surface area contributed by atoms with Crippen LogP contribution in [-0.2, 0) is 32.7 Å². The summed E-state index contributed by atoms with van der Waals surface area (Å²) in [5.41, 5.74) is 0.360. The van der Waals surface area contributed by atoms with E-state index in [2.05, 4.69) is 31.0 Å². The summed E-state index contributed by atoms with van der Waals surface area (Å²) in [6, 6.07) is 0. The van der Waals surface area contributed by atoms with Gasteiger partial charge in [0, 0.05) is 32.7 Å². The molecule has 1 aliphatic heterocycles. The SMILES string of the molecule is CC(C)(C)C[C-]1N=N1.[Y]. The second-order valence-electron chi connectivity index (χ2n) is 3.35. The molecule has 0 unspecified atom stereocenters. The molecule has 0 bridgehead atoms. The molecule has 1 heterocycles. The molecule has 1 rings (SSSR count). The van der Waals surface area contributed by atoms with Crippen molar-refractivity contribution in [1.29, 1.82) is 0 Å². The van der Waals surface area contributed by atoms with Crippen molar-refractivity contribution in [2.24, 2.45) is 15.6 Å². The summed E-state index contributed by atoms with van der Waals surface area (Å²) in [7, 11) is 0.